The number of carbonyl (C=O) groups is 1. The van der Waals surface area contributed by atoms with E-state index in [1.165, 1.54) is 0 Å². The topological polar surface area (TPSA) is 78.0 Å². The lowest BCUT2D eigenvalue weighted by Crippen LogP contribution is -2.29. The zero-order valence-electron chi connectivity index (χ0n) is 11.6. The van der Waals surface area contributed by atoms with Crippen molar-refractivity contribution < 1.29 is 9.90 Å². The number of nitrogens with zero attached hydrogens (tertiary/aromatic N) is 1. The fraction of sp³-hybridized carbons (Fsp3) is 0.125. The molecule has 0 spiro atoms. The summed E-state index contributed by atoms with van der Waals surface area (Å²) < 4.78 is 0.989. The van der Waals surface area contributed by atoms with Crippen LogP contribution in [-0.4, -0.2) is 21.2 Å². The molecule has 1 amide bonds. The van der Waals surface area contributed by atoms with Crippen LogP contribution in [0.15, 0.2) is 53.0 Å². The Labute approximate surface area is 135 Å². The van der Waals surface area contributed by atoms with E-state index in [9.17, 15) is 4.79 Å². The van der Waals surface area contributed by atoms with Crippen LogP contribution in [-0.2, 0) is 6.42 Å². The molecule has 5 nitrogen and oxygen atoms in total. The van der Waals surface area contributed by atoms with Crippen molar-refractivity contribution in [1.29, 1.82) is 0 Å². The summed E-state index contributed by atoms with van der Waals surface area (Å²) in [6, 6.07) is 15.0. The Balaban J connectivity index is 1.91. The van der Waals surface area contributed by atoms with E-state index in [1.807, 2.05) is 48.5 Å². The van der Waals surface area contributed by atoms with Gasteiger partial charge in [-0.3, -0.25) is 0 Å². The first kappa shape index (κ1) is 14.6. The zero-order chi connectivity index (χ0) is 15.5. The van der Waals surface area contributed by atoms with E-state index in [0.29, 0.717) is 12.2 Å². The van der Waals surface area contributed by atoms with Gasteiger partial charge in [0.2, 0.25) is 0 Å². The largest absolute Gasteiger partial charge is 0.465 e. The van der Waals surface area contributed by atoms with Gasteiger partial charge in [0.25, 0.3) is 0 Å². The highest BCUT2D eigenvalue weighted by Crippen LogP contribution is 2.21. The number of carboxylic acid groups (broad SMARTS) is 1. The van der Waals surface area contributed by atoms with Crippen LogP contribution >= 0.6 is 15.9 Å². The van der Waals surface area contributed by atoms with Gasteiger partial charge in [-0.15, -0.1) is 0 Å². The van der Waals surface area contributed by atoms with Crippen LogP contribution in [0, 0.1) is 0 Å². The summed E-state index contributed by atoms with van der Waals surface area (Å²) in [5.41, 5.74) is 2.75. The van der Waals surface area contributed by atoms with Crippen LogP contribution in [0.3, 0.4) is 0 Å². The lowest BCUT2D eigenvalue weighted by atomic mass is 10.1. The molecule has 3 N–H and O–H groups in total. The number of para-hydroxylation sites is 2. The number of benzene rings is 2. The van der Waals surface area contributed by atoms with Crippen molar-refractivity contribution in [2.75, 3.05) is 0 Å². The number of halogens is 1. The number of hydrogen-bond donors (Lipinski definition) is 3. The molecule has 0 fully saturated rings. The Morgan fingerprint density at radius 2 is 1.95 bits per heavy atom. The Kier molecular flexibility index (Phi) is 4.11. The highest BCUT2D eigenvalue weighted by atomic mass is 79.9. The summed E-state index contributed by atoms with van der Waals surface area (Å²) >= 11 is 3.39. The molecule has 0 bridgehead atoms. The molecular formula is C16H14BrN3O2. The first-order chi connectivity index (χ1) is 10.6. The number of rotatable bonds is 4. The molecule has 2 aromatic carbocycles. The first-order valence-electron chi connectivity index (χ1n) is 6.80. The van der Waals surface area contributed by atoms with Gasteiger partial charge in [0.15, 0.2) is 0 Å². The number of imidazole rings is 1. The zero-order valence-corrected chi connectivity index (χ0v) is 13.2. The molecule has 0 aliphatic carbocycles. The highest BCUT2D eigenvalue weighted by molar-refractivity contribution is 9.10. The number of aromatic amines is 1. The van der Waals surface area contributed by atoms with E-state index in [1.54, 1.807) is 0 Å². The third-order valence-corrected chi connectivity index (χ3v) is 3.92. The molecule has 0 saturated carbocycles. The smallest absolute Gasteiger partial charge is 0.405 e. The summed E-state index contributed by atoms with van der Waals surface area (Å²) in [4.78, 5) is 18.8. The average molecular weight is 360 g/mol. The van der Waals surface area contributed by atoms with Crippen LogP contribution in [0.5, 0.6) is 0 Å². The summed E-state index contributed by atoms with van der Waals surface area (Å²) in [5.74, 6) is 0.617. The van der Waals surface area contributed by atoms with Crippen molar-refractivity contribution >= 4 is 33.1 Å². The van der Waals surface area contributed by atoms with E-state index in [2.05, 4.69) is 31.2 Å². The van der Waals surface area contributed by atoms with Gasteiger partial charge in [-0.25, -0.2) is 9.78 Å². The SMILES string of the molecule is O=C(O)NC(Cc1ccc(Br)cc1)c1nc2ccccc2[nH]1. The maximum Gasteiger partial charge on any atom is 0.405 e. The van der Waals surface area contributed by atoms with Crippen molar-refractivity contribution in [3.63, 3.8) is 0 Å². The third kappa shape index (κ3) is 3.28. The second kappa shape index (κ2) is 6.19. The maximum atomic E-state index is 11.1. The number of hydrogen-bond acceptors (Lipinski definition) is 2. The molecule has 6 heteroatoms. The molecule has 112 valence electrons. The maximum absolute atomic E-state index is 11.1. The molecule has 0 saturated heterocycles. The van der Waals surface area contributed by atoms with Gasteiger partial charge in [0.05, 0.1) is 17.1 Å². The van der Waals surface area contributed by atoms with E-state index in [-0.39, 0.29) is 0 Å². The Hall–Kier alpha value is -2.34. The van der Waals surface area contributed by atoms with Crippen LogP contribution in [0.4, 0.5) is 4.79 Å². The lowest BCUT2D eigenvalue weighted by Gasteiger charge is -2.14. The molecule has 1 aromatic heterocycles. The van der Waals surface area contributed by atoms with E-state index < -0.39 is 12.1 Å². The van der Waals surface area contributed by atoms with E-state index in [4.69, 9.17) is 5.11 Å². The van der Waals surface area contributed by atoms with Gasteiger partial charge in [-0.2, -0.15) is 0 Å². The molecule has 3 rings (SSSR count). The number of nitrogens with one attached hydrogen (secondary N) is 2. The molecule has 1 heterocycles. The monoisotopic (exact) mass is 359 g/mol. The van der Waals surface area contributed by atoms with Gasteiger partial charge in [0, 0.05) is 10.9 Å². The van der Waals surface area contributed by atoms with Crippen LogP contribution in [0.1, 0.15) is 17.4 Å². The molecule has 0 radical (unpaired) electrons. The van der Waals surface area contributed by atoms with Crippen molar-refractivity contribution in [3.8, 4) is 0 Å². The molecule has 0 aliphatic rings. The fourth-order valence-corrected chi connectivity index (χ4v) is 2.62. The van der Waals surface area contributed by atoms with Gasteiger partial charge in [-0.05, 0) is 29.8 Å². The second-order valence-electron chi connectivity index (χ2n) is 4.97. The van der Waals surface area contributed by atoms with Gasteiger partial charge in [-0.1, -0.05) is 40.2 Å². The fourth-order valence-electron chi connectivity index (χ4n) is 2.36. The number of amides is 1. The quantitative estimate of drug-likeness (QED) is 0.661. The minimum Gasteiger partial charge on any atom is -0.465 e. The van der Waals surface area contributed by atoms with Crippen molar-refractivity contribution in [2.24, 2.45) is 0 Å². The summed E-state index contributed by atoms with van der Waals surface area (Å²) in [5, 5.41) is 11.6. The molecule has 22 heavy (non-hydrogen) atoms. The van der Waals surface area contributed by atoms with Crippen molar-refractivity contribution in [1.82, 2.24) is 15.3 Å². The number of H-pyrrole nitrogens is 1. The summed E-state index contributed by atoms with van der Waals surface area (Å²) in [7, 11) is 0. The minimum atomic E-state index is -1.07. The summed E-state index contributed by atoms with van der Waals surface area (Å²) in [6.07, 6.45) is -0.540. The first-order valence-corrected chi connectivity index (χ1v) is 7.59. The number of aromatic nitrogens is 2. The Morgan fingerprint density at radius 3 is 2.64 bits per heavy atom. The Morgan fingerprint density at radius 1 is 1.23 bits per heavy atom. The van der Waals surface area contributed by atoms with Crippen LogP contribution < -0.4 is 5.32 Å². The molecular weight excluding hydrogens is 346 g/mol. The third-order valence-electron chi connectivity index (χ3n) is 3.39. The predicted octanol–water partition coefficient (Wildman–Crippen LogP) is 3.88. The average Bonchev–Trinajstić information content (AvgIpc) is 2.92. The van der Waals surface area contributed by atoms with Crippen molar-refractivity contribution in [2.45, 2.75) is 12.5 Å². The minimum absolute atomic E-state index is 0.425. The standard InChI is InChI=1S/C16H14BrN3O2/c17-11-7-5-10(6-8-11)9-14(20-16(21)22)15-18-12-3-1-2-4-13(12)19-15/h1-8,14,20H,9H2,(H,18,19)(H,21,22). The van der Waals surface area contributed by atoms with Gasteiger partial charge >= 0.3 is 6.09 Å². The van der Waals surface area contributed by atoms with Gasteiger partial charge in [0.1, 0.15) is 5.82 Å². The predicted molar refractivity (Wildman–Crippen MR) is 87.8 cm³/mol. The highest BCUT2D eigenvalue weighted by Gasteiger charge is 2.18. The number of fused-ring (bicyclic) bond motifs is 1. The summed E-state index contributed by atoms with van der Waals surface area (Å²) in [6.45, 7) is 0. The van der Waals surface area contributed by atoms with E-state index >= 15 is 0 Å². The van der Waals surface area contributed by atoms with Gasteiger partial charge < -0.3 is 15.4 Å². The molecule has 1 atom stereocenters. The normalized spacial score (nSPS) is 12.2. The molecule has 1 unspecified atom stereocenters. The van der Waals surface area contributed by atoms with Crippen LogP contribution in [0.25, 0.3) is 11.0 Å². The van der Waals surface area contributed by atoms with Crippen LogP contribution in [0.2, 0.25) is 0 Å². The Bertz CT molecular complexity index is 766. The van der Waals surface area contributed by atoms with E-state index in [0.717, 1.165) is 21.1 Å². The van der Waals surface area contributed by atoms with Crippen molar-refractivity contribution in [3.05, 3.63) is 64.4 Å². The lowest BCUT2D eigenvalue weighted by molar-refractivity contribution is 0.189. The second-order valence-corrected chi connectivity index (χ2v) is 5.89. The molecule has 0 aliphatic heterocycles. The molecule has 3 aromatic rings.